The summed E-state index contributed by atoms with van der Waals surface area (Å²) in [4.78, 5) is 20.9. The Hall–Kier alpha value is -0.630. The Labute approximate surface area is 58.5 Å². The van der Waals surface area contributed by atoms with Gasteiger partial charge in [-0.05, 0) is 6.92 Å². The second-order valence-corrected chi connectivity index (χ2v) is 1.86. The van der Waals surface area contributed by atoms with E-state index in [1.54, 1.807) is 0 Å². The van der Waals surface area contributed by atoms with Crippen molar-refractivity contribution in [3.8, 4) is 0 Å². The van der Waals surface area contributed by atoms with E-state index in [0.717, 1.165) is 0 Å². The molecule has 0 aromatic rings. The zero-order valence-corrected chi connectivity index (χ0v) is 5.86. The van der Waals surface area contributed by atoms with E-state index >= 15 is 0 Å². The molecule has 9 heavy (non-hydrogen) atoms. The maximum atomic E-state index is 10.5. The van der Waals surface area contributed by atoms with Crippen LogP contribution in [0.5, 0.6) is 0 Å². The van der Waals surface area contributed by atoms with E-state index in [4.69, 9.17) is 11.6 Å². The fraction of sp³-hybridized carbons (Fsp3) is 0.333. The third kappa shape index (κ3) is 2.42. The third-order valence-electron chi connectivity index (χ3n) is 0.883. The van der Waals surface area contributed by atoms with Gasteiger partial charge < -0.3 is 0 Å². The lowest BCUT2D eigenvalue weighted by Crippen LogP contribution is -2.09. The zero-order valence-electron chi connectivity index (χ0n) is 5.11. The molecule has 0 aliphatic heterocycles. The first-order valence-corrected chi connectivity index (χ1v) is 2.92. The Balaban J connectivity index is 4.05. The monoisotopic (exact) mass is 146 g/mol. The highest BCUT2D eigenvalue weighted by molar-refractivity contribution is 6.34. The number of carbonyl (C=O) groups excluding carboxylic acids is 2. The van der Waals surface area contributed by atoms with Crippen molar-refractivity contribution in [1.82, 2.24) is 0 Å². The molecule has 3 heteroatoms. The Kier molecular flexibility index (Phi) is 3.17. The van der Waals surface area contributed by atoms with Crippen molar-refractivity contribution in [2.75, 3.05) is 5.88 Å². The molecule has 0 heterocycles. The van der Waals surface area contributed by atoms with Crippen LogP contribution in [0.1, 0.15) is 6.92 Å². The van der Waals surface area contributed by atoms with Gasteiger partial charge in [0.2, 0.25) is 0 Å². The largest absolute Gasteiger partial charge is 0.294 e. The molecule has 0 radical (unpaired) electrons. The summed E-state index contributed by atoms with van der Waals surface area (Å²) in [6.07, 6.45) is 0. The molecule has 0 unspecified atom stereocenters. The van der Waals surface area contributed by atoms with Crippen molar-refractivity contribution in [2.45, 2.75) is 6.92 Å². The molecule has 0 atom stereocenters. The van der Waals surface area contributed by atoms with Crippen LogP contribution in [0.25, 0.3) is 0 Å². The molecular formula is C6H7ClO2. The molecule has 0 rings (SSSR count). The molecule has 0 saturated carbocycles. The van der Waals surface area contributed by atoms with Gasteiger partial charge in [0.05, 0.1) is 11.5 Å². The molecule has 0 fully saturated rings. The first kappa shape index (κ1) is 8.37. The number of rotatable bonds is 3. The van der Waals surface area contributed by atoms with Crippen LogP contribution in [0, 0.1) is 0 Å². The molecule has 0 aliphatic rings. The number of allylic oxidation sites excluding steroid dienone is 1. The number of halogens is 1. The van der Waals surface area contributed by atoms with Gasteiger partial charge in [0.25, 0.3) is 0 Å². The average molecular weight is 147 g/mol. The average Bonchev–Trinajstić information content (AvgIpc) is 1.84. The highest BCUT2D eigenvalue weighted by atomic mass is 35.5. The summed E-state index contributed by atoms with van der Waals surface area (Å²) in [5.41, 5.74) is -0.0231. The van der Waals surface area contributed by atoms with E-state index in [9.17, 15) is 9.59 Å². The van der Waals surface area contributed by atoms with Gasteiger partial charge in [-0.2, -0.15) is 0 Å². The van der Waals surface area contributed by atoms with Gasteiger partial charge in [-0.1, -0.05) is 6.58 Å². The smallest absolute Gasteiger partial charge is 0.180 e. The van der Waals surface area contributed by atoms with E-state index in [-0.39, 0.29) is 17.2 Å². The number of carbonyl (C=O) groups is 2. The van der Waals surface area contributed by atoms with Gasteiger partial charge in [-0.15, -0.1) is 11.6 Å². The lowest BCUT2D eigenvalue weighted by atomic mass is 10.1. The van der Waals surface area contributed by atoms with Crippen LogP contribution in [-0.2, 0) is 9.59 Å². The molecule has 0 spiro atoms. The van der Waals surface area contributed by atoms with Crippen LogP contribution in [-0.4, -0.2) is 17.4 Å². The van der Waals surface area contributed by atoms with Gasteiger partial charge in [0.15, 0.2) is 11.6 Å². The summed E-state index contributed by atoms with van der Waals surface area (Å²) < 4.78 is 0. The SMILES string of the molecule is C=C(C(C)=O)C(=O)CCl. The van der Waals surface area contributed by atoms with E-state index < -0.39 is 5.78 Å². The normalized spacial score (nSPS) is 8.67. The first-order valence-electron chi connectivity index (χ1n) is 2.38. The van der Waals surface area contributed by atoms with Crippen molar-refractivity contribution in [3.05, 3.63) is 12.2 Å². The standard InChI is InChI=1S/C6H7ClO2/c1-4(5(2)8)6(9)3-7/h1,3H2,2H3. The van der Waals surface area contributed by atoms with Crippen LogP contribution >= 0.6 is 11.6 Å². The van der Waals surface area contributed by atoms with Crippen molar-refractivity contribution in [3.63, 3.8) is 0 Å². The Morgan fingerprint density at radius 2 is 2.00 bits per heavy atom. The molecule has 0 N–H and O–H groups in total. The lowest BCUT2D eigenvalue weighted by Gasteiger charge is -1.92. The second kappa shape index (κ2) is 3.41. The number of hydrogen-bond acceptors (Lipinski definition) is 2. The fourth-order valence-electron chi connectivity index (χ4n) is 0.277. The van der Waals surface area contributed by atoms with E-state index in [1.807, 2.05) is 0 Å². The van der Waals surface area contributed by atoms with E-state index in [1.165, 1.54) is 6.92 Å². The zero-order chi connectivity index (χ0) is 7.44. The summed E-state index contributed by atoms with van der Waals surface area (Å²) in [5, 5.41) is 0. The summed E-state index contributed by atoms with van der Waals surface area (Å²) in [6.45, 7) is 4.53. The molecule has 0 saturated heterocycles. The van der Waals surface area contributed by atoms with Gasteiger partial charge in [-0.3, -0.25) is 9.59 Å². The van der Waals surface area contributed by atoms with Crippen LogP contribution < -0.4 is 0 Å². The van der Waals surface area contributed by atoms with Crippen molar-refractivity contribution in [2.24, 2.45) is 0 Å². The Morgan fingerprint density at radius 3 is 2.11 bits per heavy atom. The number of hydrogen-bond donors (Lipinski definition) is 0. The van der Waals surface area contributed by atoms with Crippen molar-refractivity contribution < 1.29 is 9.59 Å². The molecule has 0 aromatic carbocycles. The predicted octanol–water partition coefficient (Wildman–Crippen LogP) is 0.940. The molecule has 0 aliphatic carbocycles. The minimum absolute atomic E-state index is 0.0231. The Bertz CT molecular complexity index is 160. The molecule has 2 nitrogen and oxygen atoms in total. The maximum absolute atomic E-state index is 10.5. The summed E-state index contributed by atoms with van der Waals surface area (Å²) in [5.74, 6) is -0.886. The van der Waals surface area contributed by atoms with Crippen LogP contribution in [0.2, 0.25) is 0 Å². The van der Waals surface area contributed by atoms with E-state index in [0.29, 0.717) is 0 Å². The second-order valence-electron chi connectivity index (χ2n) is 1.59. The third-order valence-corrected chi connectivity index (χ3v) is 1.13. The van der Waals surface area contributed by atoms with Crippen molar-refractivity contribution in [1.29, 1.82) is 0 Å². The first-order chi connectivity index (χ1) is 4.09. The minimum atomic E-state index is -0.399. The summed E-state index contributed by atoms with van der Waals surface area (Å²) in [7, 11) is 0. The summed E-state index contributed by atoms with van der Waals surface area (Å²) >= 11 is 5.13. The van der Waals surface area contributed by atoms with Crippen LogP contribution in [0.15, 0.2) is 12.2 Å². The summed E-state index contributed by atoms with van der Waals surface area (Å²) in [6, 6.07) is 0. The number of ketones is 2. The van der Waals surface area contributed by atoms with Crippen molar-refractivity contribution >= 4 is 23.2 Å². The van der Waals surface area contributed by atoms with Gasteiger partial charge >= 0.3 is 0 Å². The molecular weight excluding hydrogens is 140 g/mol. The predicted molar refractivity (Wildman–Crippen MR) is 35.5 cm³/mol. The number of Topliss-reactive ketones (excluding diaryl/α,β-unsaturated/α-hetero) is 2. The maximum Gasteiger partial charge on any atom is 0.180 e. The minimum Gasteiger partial charge on any atom is -0.294 e. The van der Waals surface area contributed by atoms with Gasteiger partial charge in [-0.25, -0.2) is 0 Å². The number of alkyl halides is 1. The van der Waals surface area contributed by atoms with Crippen LogP contribution in [0.4, 0.5) is 0 Å². The highest BCUT2D eigenvalue weighted by Crippen LogP contribution is 1.95. The Morgan fingerprint density at radius 1 is 1.56 bits per heavy atom. The van der Waals surface area contributed by atoms with E-state index in [2.05, 4.69) is 6.58 Å². The highest BCUT2D eigenvalue weighted by Gasteiger charge is 2.08. The molecule has 0 aromatic heterocycles. The molecule has 0 amide bonds. The lowest BCUT2D eigenvalue weighted by molar-refractivity contribution is -0.119. The topological polar surface area (TPSA) is 34.1 Å². The van der Waals surface area contributed by atoms with Gasteiger partial charge in [0, 0.05) is 0 Å². The molecule has 50 valence electrons. The quantitative estimate of drug-likeness (QED) is 0.257. The van der Waals surface area contributed by atoms with Crippen LogP contribution in [0.3, 0.4) is 0 Å². The fourth-order valence-corrected chi connectivity index (χ4v) is 0.438. The van der Waals surface area contributed by atoms with Gasteiger partial charge in [0.1, 0.15) is 0 Å². The molecule has 0 bridgehead atoms.